The highest BCUT2D eigenvalue weighted by Gasteiger charge is 2.39. The number of nitrogen functional groups attached to an aromatic ring is 1. The minimum Gasteiger partial charge on any atom is -0.494 e. The Kier molecular flexibility index (Phi) is 4.39. The lowest BCUT2D eigenvalue weighted by molar-refractivity contribution is 0.0332. The van der Waals surface area contributed by atoms with Crippen LogP contribution in [-0.4, -0.2) is 36.4 Å². The molecule has 1 aromatic carbocycles. The number of anilines is 1. The third-order valence-corrected chi connectivity index (χ3v) is 4.31. The largest absolute Gasteiger partial charge is 0.494 e. The third-order valence-electron chi connectivity index (χ3n) is 4.31. The van der Waals surface area contributed by atoms with Gasteiger partial charge in [-0.25, -0.2) is 4.39 Å². The van der Waals surface area contributed by atoms with E-state index in [-0.39, 0.29) is 17.1 Å². The van der Waals surface area contributed by atoms with E-state index in [1.54, 1.807) is 18.2 Å². The number of halogens is 1. The smallest absolute Gasteiger partial charge is 0.257 e. The van der Waals surface area contributed by atoms with Gasteiger partial charge in [0.15, 0.2) is 11.6 Å². The summed E-state index contributed by atoms with van der Waals surface area (Å²) in [6.45, 7) is 0.829. The van der Waals surface area contributed by atoms with Gasteiger partial charge in [0.2, 0.25) is 0 Å². The van der Waals surface area contributed by atoms with Crippen LogP contribution in [0.4, 0.5) is 10.2 Å². The van der Waals surface area contributed by atoms with Crippen molar-refractivity contribution in [2.45, 2.75) is 18.4 Å². The zero-order valence-corrected chi connectivity index (χ0v) is 13.3. The Bertz CT molecular complexity index is 741. The number of nitrogens with one attached hydrogen (secondary N) is 2. The molecule has 0 unspecified atom stereocenters. The number of nitrogens with zero attached hydrogens (tertiary/aromatic N) is 1. The standard InChI is InChI=1S/C16H19FN4O3/c1-23-12-4-2-3-11(13(12)17)16(5-7-24-8-6-16)20-15(22)10-9-19-21-14(10)18/h2-4,9H,5-8H2,1H3,(H,20,22)(H3,18,19,21). The highest BCUT2D eigenvalue weighted by atomic mass is 19.1. The van der Waals surface area contributed by atoms with Crippen molar-refractivity contribution in [1.29, 1.82) is 0 Å². The molecule has 1 aliphatic rings. The molecule has 7 nitrogen and oxygen atoms in total. The predicted molar refractivity (Wildman–Crippen MR) is 85.1 cm³/mol. The minimum absolute atomic E-state index is 0.135. The Labute approximate surface area is 138 Å². The van der Waals surface area contributed by atoms with E-state index in [4.69, 9.17) is 15.2 Å². The highest BCUT2D eigenvalue weighted by molar-refractivity contribution is 5.98. The number of rotatable bonds is 4. The molecule has 24 heavy (non-hydrogen) atoms. The van der Waals surface area contributed by atoms with Crippen LogP contribution in [0.25, 0.3) is 0 Å². The first-order valence-electron chi connectivity index (χ1n) is 7.59. The van der Waals surface area contributed by atoms with E-state index >= 15 is 0 Å². The van der Waals surface area contributed by atoms with Gasteiger partial charge in [0.05, 0.1) is 18.8 Å². The number of carbonyl (C=O) groups excluding carboxylic acids is 1. The van der Waals surface area contributed by atoms with Gasteiger partial charge in [-0.15, -0.1) is 0 Å². The van der Waals surface area contributed by atoms with Crippen molar-refractivity contribution in [2.75, 3.05) is 26.1 Å². The molecule has 1 amide bonds. The zero-order chi connectivity index (χ0) is 17.2. The molecule has 1 fully saturated rings. The number of hydrogen-bond acceptors (Lipinski definition) is 5. The Balaban J connectivity index is 1.99. The molecule has 0 radical (unpaired) electrons. The van der Waals surface area contributed by atoms with Crippen molar-refractivity contribution in [1.82, 2.24) is 15.5 Å². The molecule has 1 aliphatic heterocycles. The van der Waals surface area contributed by atoms with Gasteiger partial charge < -0.3 is 20.5 Å². The van der Waals surface area contributed by atoms with Crippen molar-refractivity contribution in [3.8, 4) is 5.75 Å². The summed E-state index contributed by atoms with van der Waals surface area (Å²) in [6, 6.07) is 4.90. The first-order valence-corrected chi connectivity index (χ1v) is 7.59. The summed E-state index contributed by atoms with van der Waals surface area (Å²) in [6.07, 6.45) is 2.24. The van der Waals surface area contributed by atoms with Crippen LogP contribution in [0.5, 0.6) is 5.75 Å². The topological polar surface area (TPSA) is 102 Å². The number of H-pyrrole nitrogens is 1. The Hall–Kier alpha value is -2.61. The molecule has 0 aliphatic carbocycles. The first-order chi connectivity index (χ1) is 11.6. The van der Waals surface area contributed by atoms with E-state index in [0.29, 0.717) is 31.6 Å². The molecular formula is C16H19FN4O3. The monoisotopic (exact) mass is 334 g/mol. The quantitative estimate of drug-likeness (QED) is 0.788. The molecule has 3 rings (SSSR count). The molecule has 1 saturated heterocycles. The number of hydrogen-bond donors (Lipinski definition) is 3. The normalized spacial score (nSPS) is 16.6. The van der Waals surface area contributed by atoms with Gasteiger partial charge in [0.25, 0.3) is 5.91 Å². The van der Waals surface area contributed by atoms with Crippen molar-refractivity contribution in [3.63, 3.8) is 0 Å². The number of carbonyl (C=O) groups is 1. The molecule has 2 heterocycles. The van der Waals surface area contributed by atoms with Crippen LogP contribution in [0.3, 0.4) is 0 Å². The van der Waals surface area contributed by atoms with Crippen molar-refractivity contribution < 1.29 is 18.7 Å². The van der Waals surface area contributed by atoms with Crippen LogP contribution in [-0.2, 0) is 10.3 Å². The number of aromatic amines is 1. The number of ether oxygens (including phenoxy) is 2. The van der Waals surface area contributed by atoms with Crippen LogP contribution < -0.4 is 15.8 Å². The van der Waals surface area contributed by atoms with Gasteiger partial charge in [-0.3, -0.25) is 9.89 Å². The van der Waals surface area contributed by atoms with Gasteiger partial charge in [0.1, 0.15) is 11.4 Å². The highest BCUT2D eigenvalue weighted by Crippen LogP contribution is 2.37. The van der Waals surface area contributed by atoms with Gasteiger partial charge in [-0.2, -0.15) is 5.10 Å². The van der Waals surface area contributed by atoms with Crippen molar-refractivity contribution in [2.24, 2.45) is 0 Å². The van der Waals surface area contributed by atoms with Gasteiger partial charge in [0, 0.05) is 18.8 Å². The van der Waals surface area contributed by atoms with Crippen LogP contribution >= 0.6 is 0 Å². The molecule has 1 aromatic heterocycles. The van der Waals surface area contributed by atoms with Crippen LogP contribution in [0.2, 0.25) is 0 Å². The van der Waals surface area contributed by atoms with E-state index in [0.717, 1.165) is 0 Å². The molecule has 0 saturated carbocycles. The predicted octanol–water partition coefficient (Wildman–Crippen LogP) is 1.58. The molecule has 4 N–H and O–H groups in total. The first kappa shape index (κ1) is 16.3. The van der Waals surface area contributed by atoms with Crippen LogP contribution in [0.15, 0.2) is 24.4 Å². The number of aromatic nitrogens is 2. The van der Waals surface area contributed by atoms with Gasteiger partial charge in [-0.1, -0.05) is 12.1 Å². The average Bonchev–Trinajstić information content (AvgIpc) is 3.02. The number of amides is 1. The second kappa shape index (κ2) is 6.48. The van der Waals surface area contributed by atoms with E-state index in [1.807, 2.05) is 0 Å². The SMILES string of the molecule is COc1cccc(C2(NC(=O)c3cn[nH]c3N)CCOCC2)c1F. The van der Waals surface area contributed by atoms with Crippen molar-refractivity contribution in [3.05, 3.63) is 41.3 Å². The van der Waals surface area contributed by atoms with Gasteiger partial charge >= 0.3 is 0 Å². The van der Waals surface area contributed by atoms with Crippen molar-refractivity contribution >= 4 is 11.7 Å². The van der Waals surface area contributed by atoms with Crippen LogP contribution in [0.1, 0.15) is 28.8 Å². The molecule has 0 spiro atoms. The van der Waals surface area contributed by atoms with E-state index in [2.05, 4.69) is 15.5 Å². The maximum absolute atomic E-state index is 14.8. The average molecular weight is 334 g/mol. The maximum Gasteiger partial charge on any atom is 0.257 e. The summed E-state index contributed by atoms with van der Waals surface area (Å²) in [5, 5.41) is 9.19. The summed E-state index contributed by atoms with van der Waals surface area (Å²) in [5.41, 5.74) is 5.42. The summed E-state index contributed by atoms with van der Waals surface area (Å²) >= 11 is 0. The zero-order valence-electron chi connectivity index (χ0n) is 13.3. The van der Waals surface area contributed by atoms with E-state index < -0.39 is 17.3 Å². The van der Waals surface area contributed by atoms with Crippen LogP contribution in [0, 0.1) is 5.82 Å². The summed E-state index contributed by atoms with van der Waals surface area (Å²) < 4.78 is 25.3. The third kappa shape index (κ3) is 2.80. The second-order valence-electron chi connectivity index (χ2n) is 5.67. The minimum atomic E-state index is -0.891. The fourth-order valence-corrected chi connectivity index (χ4v) is 2.98. The summed E-state index contributed by atoms with van der Waals surface area (Å²) in [7, 11) is 1.41. The molecule has 128 valence electrons. The van der Waals surface area contributed by atoms with E-state index in [9.17, 15) is 9.18 Å². The lowest BCUT2D eigenvalue weighted by Gasteiger charge is -2.38. The fourth-order valence-electron chi connectivity index (χ4n) is 2.98. The summed E-state index contributed by atoms with van der Waals surface area (Å²) in [4.78, 5) is 12.6. The molecule has 0 atom stereocenters. The Morgan fingerprint density at radius 1 is 1.46 bits per heavy atom. The summed E-state index contributed by atoms with van der Waals surface area (Å²) in [5.74, 6) is -0.594. The molecule has 2 aromatic rings. The lowest BCUT2D eigenvalue weighted by atomic mass is 9.82. The fraction of sp³-hybridized carbons (Fsp3) is 0.375. The maximum atomic E-state index is 14.8. The molecular weight excluding hydrogens is 315 g/mol. The number of nitrogens with two attached hydrogens (primary N) is 1. The second-order valence-corrected chi connectivity index (χ2v) is 5.67. The van der Waals surface area contributed by atoms with E-state index in [1.165, 1.54) is 13.3 Å². The Morgan fingerprint density at radius 2 is 2.21 bits per heavy atom. The lowest BCUT2D eigenvalue weighted by Crippen LogP contribution is -2.50. The molecule has 0 bridgehead atoms. The van der Waals surface area contributed by atoms with Gasteiger partial charge in [-0.05, 0) is 18.9 Å². The number of benzene rings is 1. The number of methoxy groups -OCH3 is 1. The molecule has 8 heteroatoms. The Morgan fingerprint density at radius 3 is 2.83 bits per heavy atom.